The smallest absolute Gasteiger partial charge is 0.276 e. The normalized spacial score (nSPS) is 16.9. The average molecular weight is 278 g/mol. The maximum Gasteiger partial charge on any atom is 0.276 e. The van der Waals surface area contributed by atoms with Crippen LogP contribution >= 0.6 is 12.2 Å². The number of rotatable bonds is 3. The summed E-state index contributed by atoms with van der Waals surface area (Å²) in [5, 5.41) is 12.8. The molecule has 1 heterocycles. The van der Waals surface area contributed by atoms with E-state index in [2.05, 4.69) is 5.32 Å². The number of likely N-dealkylation sites (N-methyl/N-ethyl adjacent to an activating group) is 1. The molecule has 0 saturated carbocycles. The van der Waals surface area contributed by atoms with E-state index in [-0.39, 0.29) is 11.7 Å². The highest BCUT2D eigenvalue weighted by Crippen LogP contribution is 2.28. The Morgan fingerprint density at radius 3 is 2.84 bits per heavy atom. The van der Waals surface area contributed by atoms with E-state index in [4.69, 9.17) is 17.0 Å². The van der Waals surface area contributed by atoms with Crippen LogP contribution in [0.2, 0.25) is 0 Å². The third kappa shape index (κ3) is 2.68. The van der Waals surface area contributed by atoms with Gasteiger partial charge in [0.15, 0.2) is 16.6 Å². The molecule has 1 saturated heterocycles. The van der Waals surface area contributed by atoms with Crippen molar-refractivity contribution in [1.29, 1.82) is 0 Å². The number of hydrogen-bond acceptors (Lipinski definition) is 4. The maximum atomic E-state index is 11.8. The first-order chi connectivity index (χ1) is 9.02. The van der Waals surface area contributed by atoms with Crippen molar-refractivity contribution < 1.29 is 14.6 Å². The van der Waals surface area contributed by atoms with Crippen LogP contribution in [-0.4, -0.2) is 34.7 Å². The summed E-state index contributed by atoms with van der Waals surface area (Å²) in [6.07, 6.45) is 1.67. The van der Waals surface area contributed by atoms with E-state index < -0.39 is 0 Å². The SMILES string of the molecule is CCOc1cc(/C=C2\NC(=S)N(C)C2=O)ccc1O. The van der Waals surface area contributed by atoms with E-state index in [1.165, 1.54) is 11.0 Å². The Balaban J connectivity index is 2.31. The molecular weight excluding hydrogens is 264 g/mol. The highest BCUT2D eigenvalue weighted by Gasteiger charge is 2.26. The molecule has 1 aromatic rings. The number of thiocarbonyl (C=S) groups is 1. The van der Waals surface area contributed by atoms with E-state index in [0.717, 1.165) is 5.56 Å². The molecule has 2 N–H and O–H groups in total. The lowest BCUT2D eigenvalue weighted by molar-refractivity contribution is -0.121. The second kappa shape index (κ2) is 5.27. The molecule has 2 rings (SSSR count). The summed E-state index contributed by atoms with van der Waals surface area (Å²) in [4.78, 5) is 13.2. The number of nitrogens with one attached hydrogen (secondary N) is 1. The average Bonchev–Trinajstić information content (AvgIpc) is 2.62. The highest BCUT2D eigenvalue weighted by molar-refractivity contribution is 7.80. The van der Waals surface area contributed by atoms with E-state index >= 15 is 0 Å². The van der Waals surface area contributed by atoms with Gasteiger partial charge in [0.05, 0.1) is 6.61 Å². The highest BCUT2D eigenvalue weighted by atomic mass is 32.1. The molecule has 0 unspecified atom stereocenters. The fraction of sp³-hybridized carbons (Fsp3) is 0.231. The summed E-state index contributed by atoms with van der Waals surface area (Å²) in [6.45, 7) is 2.29. The van der Waals surface area contributed by atoms with Crippen LogP contribution in [0.15, 0.2) is 23.9 Å². The standard InChI is InChI=1S/C13H14N2O3S/c1-3-18-11-7-8(4-5-10(11)16)6-9-12(17)15(2)13(19)14-9/h4-7,16H,3H2,1-2H3,(H,14,19)/b9-6-. The van der Waals surface area contributed by atoms with E-state index in [9.17, 15) is 9.90 Å². The molecule has 1 aliphatic heterocycles. The Hall–Kier alpha value is -2.08. The number of aromatic hydroxyl groups is 1. The van der Waals surface area contributed by atoms with Crippen LogP contribution in [0.5, 0.6) is 11.5 Å². The van der Waals surface area contributed by atoms with Gasteiger partial charge in [0.1, 0.15) is 5.70 Å². The van der Waals surface area contributed by atoms with Crippen molar-refractivity contribution in [2.75, 3.05) is 13.7 Å². The van der Waals surface area contributed by atoms with Crippen LogP contribution in [0, 0.1) is 0 Å². The van der Waals surface area contributed by atoms with Crippen LogP contribution in [-0.2, 0) is 4.79 Å². The first-order valence-corrected chi connectivity index (χ1v) is 6.20. The predicted molar refractivity (Wildman–Crippen MR) is 75.8 cm³/mol. The summed E-state index contributed by atoms with van der Waals surface area (Å²) in [6, 6.07) is 4.89. The molecule has 1 amide bonds. The van der Waals surface area contributed by atoms with Crippen molar-refractivity contribution >= 4 is 29.3 Å². The topological polar surface area (TPSA) is 61.8 Å². The van der Waals surface area contributed by atoms with Gasteiger partial charge in [0, 0.05) is 7.05 Å². The molecule has 19 heavy (non-hydrogen) atoms. The van der Waals surface area contributed by atoms with Gasteiger partial charge < -0.3 is 15.2 Å². The van der Waals surface area contributed by atoms with Crippen molar-refractivity contribution in [3.05, 3.63) is 29.5 Å². The van der Waals surface area contributed by atoms with Gasteiger partial charge in [0.2, 0.25) is 0 Å². The van der Waals surface area contributed by atoms with Crippen LogP contribution in [0.25, 0.3) is 6.08 Å². The number of phenolic OH excluding ortho intramolecular Hbond substituents is 1. The number of hydrogen-bond donors (Lipinski definition) is 2. The molecule has 0 spiro atoms. The lowest BCUT2D eigenvalue weighted by Crippen LogP contribution is -2.25. The zero-order chi connectivity index (χ0) is 14.0. The Bertz CT molecular complexity index is 569. The van der Waals surface area contributed by atoms with Gasteiger partial charge in [-0.15, -0.1) is 0 Å². The van der Waals surface area contributed by atoms with Gasteiger partial charge >= 0.3 is 0 Å². The molecule has 0 radical (unpaired) electrons. The molecule has 0 bridgehead atoms. The largest absolute Gasteiger partial charge is 0.504 e. The van der Waals surface area contributed by atoms with Gasteiger partial charge in [0.25, 0.3) is 5.91 Å². The minimum absolute atomic E-state index is 0.0716. The molecule has 5 nitrogen and oxygen atoms in total. The van der Waals surface area contributed by atoms with E-state index in [0.29, 0.717) is 23.2 Å². The summed E-state index contributed by atoms with van der Waals surface area (Å²) in [7, 11) is 1.61. The Morgan fingerprint density at radius 1 is 1.53 bits per heavy atom. The van der Waals surface area contributed by atoms with Gasteiger partial charge in [-0.2, -0.15) is 0 Å². The molecule has 1 fully saturated rings. The molecule has 100 valence electrons. The van der Waals surface area contributed by atoms with Crippen molar-refractivity contribution in [3.8, 4) is 11.5 Å². The van der Waals surface area contributed by atoms with Crippen molar-refractivity contribution in [3.63, 3.8) is 0 Å². The van der Waals surface area contributed by atoms with Crippen LogP contribution in [0.1, 0.15) is 12.5 Å². The van der Waals surface area contributed by atoms with Crippen molar-refractivity contribution in [1.82, 2.24) is 10.2 Å². The van der Waals surface area contributed by atoms with Crippen molar-refractivity contribution in [2.45, 2.75) is 6.92 Å². The van der Waals surface area contributed by atoms with Crippen molar-refractivity contribution in [2.24, 2.45) is 0 Å². The number of amides is 1. The maximum absolute atomic E-state index is 11.8. The van der Waals surface area contributed by atoms with Gasteiger partial charge in [-0.1, -0.05) is 6.07 Å². The van der Waals surface area contributed by atoms with E-state index in [1.54, 1.807) is 25.3 Å². The zero-order valence-corrected chi connectivity index (χ0v) is 11.5. The molecular formula is C13H14N2O3S. The minimum Gasteiger partial charge on any atom is -0.504 e. The predicted octanol–water partition coefficient (Wildman–Crippen LogP) is 1.48. The molecule has 1 aliphatic rings. The zero-order valence-electron chi connectivity index (χ0n) is 10.6. The van der Waals surface area contributed by atoms with Gasteiger partial charge in [-0.05, 0) is 42.9 Å². The van der Waals surface area contributed by atoms with Gasteiger partial charge in [-0.3, -0.25) is 9.69 Å². The van der Waals surface area contributed by atoms with Crippen LogP contribution in [0.4, 0.5) is 0 Å². The third-order valence-corrected chi connectivity index (χ3v) is 3.05. The summed E-state index contributed by atoms with van der Waals surface area (Å²) in [5.74, 6) is 0.275. The number of phenols is 1. The summed E-state index contributed by atoms with van der Waals surface area (Å²) >= 11 is 4.99. The molecule has 6 heteroatoms. The number of carbonyl (C=O) groups excluding carboxylic acids is 1. The molecule has 0 aliphatic carbocycles. The quantitative estimate of drug-likeness (QED) is 0.648. The third-order valence-electron chi connectivity index (χ3n) is 2.68. The Kier molecular flexibility index (Phi) is 3.71. The lowest BCUT2D eigenvalue weighted by Gasteiger charge is -2.06. The summed E-state index contributed by atoms with van der Waals surface area (Å²) in [5.41, 5.74) is 1.15. The molecule has 1 aromatic carbocycles. The fourth-order valence-corrected chi connectivity index (χ4v) is 1.87. The first kappa shape index (κ1) is 13.4. The first-order valence-electron chi connectivity index (χ1n) is 5.79. The Morgan fingerprint density at radius 2 is 2.26 bits per heavy atom. The van der Waals surface area contributed by atoms with Gasteiger partial charge in [-0.25, -0.2) is 0 Å². The number of carbonyl (C=O) groups is 1. The summed E-state index contributed by atoms with van der Waals surface area (Å²) < 4.78 is 5.29. The van der Waals surface area contributed by atoms with Crippen LogP contribution in [0.3, 0.4) is 0 Å². The Labute approximate surface area is 116 Å². The number of nitrogens with zero attached hydrogens (tertiary/aromatic N) is 1. The second-order valence-corrected chi connectivity index (χ2v) is 4.40. The van der Waals surface area contributed by atoms with Crippen LogP contribution < -0.4 is 10.1 Å². The second-order valence-electron chi connectivity index (χ2n) is 4.01. The molecule has 0 atom stereocenters. The number of benzene rings is 1. The molecule has 0 aromatic heterocycles. The monoisotopic (exact) mass is 278 g/mol. The minimum atomic E-state index is -0.184. The fourth-order valence-electron chi connectivity index (χ4n) is 1.68. The van der Waals surface area contributed by atoms with E-state index in [1.807, 2.05) is 6.92 Å². The number of ether oxygens (including phenoxy) is 1. The lowest BCUT2D eigenvalue weighted by atomic mass is 10.1.